The van der Waals surface area contributed by atoms with Gasteiger partial charge >= 0.3 is 5.69 Å². The zero-order chi connectivity index (χ0) is 20.4. The summed E-state index contributed by atoms with van der Waals surface area (Å²) in [4.78, 5) is 29.4. The molecule has 0 spiro atoms. The van der Waals surface area contributed by atoms with Crippen molar-refractivity contribution in [2.45, 2.75) is 6.54 Å². The number of anilines is 1. The van der Waals surface area contributed by atoms with Crippen LogP contribution >= 0.6 is 15.9 Å². The number of para-hydroxylation sites is 1. The molecule has 0 unspecified atom stereocenters. The molecule has 1 heterocycles. The van der Waals surface area contributed by atoms with Crippen LogP contribution in [0.1, 0.15) is 0 Å². The number of nitrogens with zero attached hydrogens (tertiary/aromatic N) is 2. The number of hydrogen-bond acceptors (Lipinski definition) is 3. The molecule has 1 amide bonds. The molecule has 3 aromatic carbocycles. The molecule has 1 N–H and O–H groups in total. The Kier molecular flexibility index (Phi) is 5.22. The van der Waals surface area contributed by atoms with E-state index in [1.54, 1.807) is 18.2 Å². The van der Waals surface area contributed by atoms with E-state index in [1.807, 2.05) is 42.5 Å². The molecule has 5 nitrogen and oxygen atoms in total. The fourth-order valence-electron chi connectivity index (χ4n) is 3.12. The zero-order valence-electron chi connectivity index (χ0n) is 15.1. The number of rotatable bonds is 4. The molecule has 7 heteroatoms. The largest absolute Gasteiger partial charge is 0.349 e. The minimum atomic E-state index is -0.567. The van der Waals surface area contributed by atoms with Gasteiger partial charge < -0.3 is 5.32 Å². The number of carbonyl (C=O) groups excluding carboxylic acids is 1. The number of aromatic nitrogens is 2. The predicted octanol–water partition coefficient (Wildman–Crippen LogP) is 4.60. The predicted molar refractivity (Wildman–Crippen MR) is 114 cm³/mol. The van der Waals surface area contributed by atoms with Crippen LogP contribution < -0.4 is 11.0 Å². The Bertz CT molecular complexity index is 1270. The number of hydrogen-bond donors (Lipinski definition) is 1. The summed E-state index contributed by atoms with van der Waals surface area (Å²) in [6.45, 7) is -0.281. The van der Waals surface area contributed by atoms with E-state index in [2.05, 4.69) is 26.2 Å². The SMILES string of the molecule is O=C(Cn1c(=O)nc(-c2ccccc2)c2ccccc21)Nc1ccc(Br)cc1F. The summed E-state index contributed by atoms with van der Waals surface area (Å²) < 4.78 is 15.8. The first kappa shape index (κ1) is 19.0. The number of nitrogens with one attached hydrogen (secondary N) is 1. The monoisotopic (exact) mass is 451 g/mol. The molecular weight excluding hydrogens is 437 g/mol. The Morgan fingerprint density at radius 3 is 2.52 bits per heavy atom. The van der Waals surface area contributed by atoms with Crippen LogP contribution in [0.25, 0.3) is 22.2 Å². The summed E-state index contributed by atoms with van der Waals surface area (Å²) in [6, 6.07) is 21.0. The van der Waals surface area contributed by atoms with E-state index in [4.69, 9.17) is 0 Å². The van der Waals surface area contributed by atoms with Crippen molar-refractivity contribution in [1.29, 1.82) is 0 Å². The average Bonchev–Trinajstić information content (AvgIpc) is 2.72. The lowest BCUT2D eigenvalue weighted by atomic mass is 10.1. The molecule has 0 fully saturated rings. The van der Waals surface area contributed by atoms with E-state index < -0.39 is 17.4 Å². The smallest absolute Gasteiger partial charge is 0.322 e. The van der Waals surface area contributed by atoms with Gasteiger partial charge in [-0.15, -0.1) is 0 Å². The van der Waals surface area contributed by atoms with E-state index in [9.17, 15) is 14.0 Å². The fraction of sp³-hybridized carbons (Fsp3) is 0.0455. The molecule has 0 radical (unpaired) electrons. The third-order valence-electron chi connectivity index (χ3n) is 4.44. The maximum atomic E-state index is 14.0. The van der Waals surface area contributed by atoms with Crippen LogP contribution in [-0.4, -0.2) is 15.5 Å². The molecule has 29 heavy (non-hydrogen) atoms. The summed E-state index contributed by atoms with van der Waals surface area (Å²) in [7, 11) is 0. The number of carbonyl (C=O) groups is 1. The van der Waals surface area contributed by atoms with Gasteiger partial charge in [0.05, 0.1) is 16.9 Å². The molecule has 0 atom stereocenters. The van der Waals surface area contributed by atoms with Gasteiger partial charge in [0.15, 0.2) is 0 Å². The van der Waals surface area contributed by atoms with Crippen molar-refractivity contribution in [2.75, 3.05) is 5.32 Å². The van der Waals surface area contributed by atoms with Crippen molar-refractivity contribution in [2.24, 2.45) is 0 Å². The van der Waals surface area contributed by atoms with Gasteiger partial charge in [0.2, 0.25) is 5.91 Å². The van der Waals surface area contributed by atoms with Crippen molar-refractivity contribution in [3.05, 3.63) is 93.6 Å². The van der Waals surface area contributed by atoms with Crippen molar-refractivity contribution in [3.8, 4) is 11.3 Å². The van der Waals surface area contributed by atoms with Gasteiger partial charge in [-0.3, -0.25) is 9.36 Å². The molecule has 0 bridgehead atoms. The summed E-state index contributed by atoms with van der Waals surface area (Å²) in [5.74, 6) is -1.09. The van der Waals surface area contributed by atoms with Gasteiger partial charge in [-0.25, -0.2) is 9.18 Å². The third-order valence-corrected chi connectivity index (χ3v) is 4.94. The van der Waals surface area contributed by atoms with Crippen LogP contribution in [0.4, 0.5) is 10.1 Å². The Labute approximate surface area is 174 Å². The van der Waals surface area contributed by atoms with E-state index in [0.29, 0.717) is 15.7 Å². The molecule has 0 saturated carbocycles. The Hall–Kier alpha value is -3.32. The van der Waals surface area contributed by atoms with Crippen molar-refractivity contribution in [3.63, 3.8) is 0 Å². The molecular formula is C22H15BrFN3O2. The summed E-state index contributed by atoms with van der Waals surface area (Å²) in [6.07, 6.45) is 0. The minimum absolute atomic E-state index is 0.0458. The lowest BCUT2D eigenvalue weighted by molar-refractivity contribution is -0.116. The number of benzene rings is 3. The molecule has 0 aliphatic heterocycles. The number of fused-ring (bicyclic) bond motifs is 1. The quantitative estimate of drug-likeness (QED) is 0.492. The first-order valence-electron chi connectivity index (χ1n) is 8.83. The normalized spacial score (nSPS) is 10.8. The molecule has 0 saturated heterocycles. The summed E-state index contributed by atoms with van der Waals surface area (Å²) >= 11 is 3.17. The van der Waals surface area contributed by atoms with Crippen molar-refractivity contribution < 1.29 is 9.18 Å². The second-order valence-electron chi connectivity index (χ2n) is 6.38. The first-order chi connectivity index (χ1) is 14.0. The summed E-state index contributed by atoms with van der Waals surface area (Å²) in [5, 5.41) is 3.25. The van der Waals surface area contributed by atoms with E-state index in [-0.39, 0.29) is 12.2 Å². The molecule has 1 aromatic heterocycles. The topological polar surface area (TPSA) is 64.0 Å². The van der Waals surface area contributed by atoms with Gasteiger partial charge in [-0.2, -0.15) is 4.98 Å². The Morgan fingerprint density at radius 1 is 1.03 bits per heavy atom. The van der Waals surface area contributed by atoms with E-state index >= 15 is 0 Å². The van der Waals surface area contributed by atoms with E-state index in [0.717, 1.165) is 10.9 Å². The highest BCUT2D eigenvalue weighted by atomic mass is 79.9. The Morgan fingerprint density at radius 2 is 1.76 bits per heavy atom. The van der Waals surface area contributed by atoms with Crippen LogP contribution in [0, 0.1) is 5.82 Å². The summed E-state index contributed by atoms with van der Waals surface area (Å²) in [5.41, 5.74) is 1.45. The number of amides is 1. The minimum Gasteiger partial charge on any atom is -0.322 e. The van der Waals surface area contributed by atoms with Crippen LogP contribution in [0.2, 0.25) is 0 Å². The maximum absolute atomic E-state index is 14.0. The standard InChI is InChI=1S/C22H15BrFN3O2/c23-15-10-11-18(17(24)12-15)25-20(28)13-27-19-9-5-4-8-16(19)21(26-22(27)29)14-6-2-1-3-7-14/h1-12H,13H2,(H,25,28). The van der Waals surface area contributed by atoms with Crippen LogP contribution in [0.15, 0.2) is 82.1 Å². The van der Waals surface area contributed by atoms with Gasteiger partial charge in [0, 0.05) is 15.4 Å². The van der Waals surface area contributed by atoms with Gasteiger partial charge in [0.1, 0.15) is 12.4 Å². The molecule has 4 rings (SSSR count). The first-order valence-corrected chi connectivity index (χ1v) is 9.62. The zero-order valence-corrected chi connectivity index (χ0v) is 16.7. The lowest BCUT2D eigenvalue weighted by Crippen LogP contribution is -2.30. The highest BCUT2D eigenvalue weighted by Crippen LogP contribution is 2.25. The molecule has 0 aliphatic rings. The highest BCUT2D eigenvalue weighted by Gasteiger charge is 2.15. The van der Waals surface area contributed by atoms with Gasteiger partial charge in [-0.05, 0) is 24.3 Å². The average molecular weight is 452 g/mol. The highest BCUT2D eigenvalue weighted by molar-refractivity contribution is 9.10. The fourth-order valence-corrected chi connectivity index (χ4v) is 3.45. The number of halogens is 2. The maximum Gasteiger partial charge on any atom is 0.349 e. The molecule has 4 aromatic rings. The lowest BCUT2D eigenvalue weighted by Gasteiger charge is -2.13. The molecule has 0 aliphatic carbocycles. The van der Waals surface area contributed by atoms with E-state index in [1.165, 1.54) is 16.7 Å². The van der Waals surface area contributed by atoms with Crippen molar-refractivity contribution in [1.82, 2.24) is 9.55 Å². The van der Waals surface area contributed by atoms with Gasteiger partial charge in [0.25, 0.3) is 0 Å². The Balaban J connectivity index is 1.72. The molecule has 144 valence electrons. The second kappa shape index (κ2) is 7.97. The third kappa shape index (κ3) is 3.95. The second-order valence-corrected chi connectivity index (χ2v) is 7.30. The van der Waals surface area contributed by atoms with Crippen molar-refractivity contribution >= 4 is 38.4 Å². The van der Waals surface area contributed by atoms with Crippen LogP contribution in [0.5, 0.6) is 0 Å². The van der Waals surface area contributed by atoms with Gasteiger partial charge in [-0.1, -0.05) is 64.5 Å². The van der Waals surface area contributed by atoms with Crippen LogP contribution in [-0.2, 0) is 11.3 Å². The van der Waals surface area contributed by atoms with Crippen LogP contribution in [0.3, 0.4) is 0 Å².